The number of carbonyl (C=O) groups excluding carboxylic acids is 1. The van der Waals surface area contributed by atoms with E-state index >= 15 is 4.39 Å². The lowest BCUT2D eigenvalue weighted by molar-refractivity contribution is 0.00578. The van der Waals surface area contributed by atoms with Crippen LogP contribution >= 0.6 is 0 Å². The van der Waals surface area contributed by atoms with Gasteiger partial charge in [0.2, 0.25) is 0 Å². The highest BCUT2D eigenvalue weighted by Crippen LogP contribution is 2.37. The molecule has 0 unspecified atom stereocenters. The van der Waals surface area contributed by atoms with E-state index in [4.69, 9.17) is 14.0 Å². The summed E-state index contributed by atoms with van der Waals surface area (Å²) in [5, 5.41) is 0. The van der Waals surface area contributed by atoms with Gasteiger partial charge in [0.05, 0.1) is 42.2 Å². The minimum atomic E-state index is -0.702. The van der Waals surface area contributed by atoms with Crippen LogP contribution in [0.3, 0.4) is 0 Å². The molecular weight excluding hydrogens is 410 g/mol. The van der Waals surface area contributed by atoms with Crippen LogP contribution in [0.15, 0.2) is 30.5 Å². The average molecular weight is 440 g/mol. The second-order valence-electron chi connectivity index (χ2n) is 9.93. The van der Waals surface area contributed by atoms with Gasteiger partial charge in [-0.25, -0.2) is 4.39 Å². The Kier molecular flexibility index (Phi) is 5.80. The molecule has 2 aliphatic heterocycles. The zero-order chi connectivity index (χ0) is 23.3. The van der Waals surface area contributed by atoms with Crippen molar-refractivity contribution < 1.29 is 23.2 Å². The summed E-state index contributed by atoms with van der Waals surface area (Å²) in [5.41, 5.74) is 1.09. The molecule has 0 aliphatic carbocycles. The van der Waals surface area contributed by atoms with Crippen molar-refractivity contribution in [1.29, 1.82) is 0 Å². The van der Waals surface area contributed by atoms with E-state index in [2.05, 4.69) is 4.98 Å². The highest BCUT2D eigenvalue weighted by Gasteiger charge is 2.52. The van der Waals surface area contributed by atoms with Crippen LogP contribution in [0.2, 0.25) is 0 Å². The van der Waals surface area contributed by atoms with E-state index in [1.807, 2.05) is 41.5 Å². The average Bonchev–Trinajstić information content (AvgIpc) is 3.14. The number of aromatic nitrogens is 1. The topological polar surface area (TPSA) is 60.9 Å². The summed E-state index contributed by atoms with van der Waals surface area (Å²) >= 11 is 0. The number of nitrogens with zero attached hydrogens (tertiary/aromatic N) is 2. The van der Waals surface area contributed by atoms with Crippen molar-refractivity contribution >= 4 is 18.5 Å². The molecule has 1 saturated heterocycles. The van der Waals surface area contributed by atoms with Gasteiger partial charge in [-0.2, -0.15) is 0 Å². The molecule has 0 N–H and O–H groups in total. The van der Waals surface area contributed by atoms with Crippen molar-refractivity contribution in [2.24, 2.45) is 5.92 Å². The summed E-state index contributed by atoms with van der Waals surface area (Å²) < 4.78 is 33.6. The quantitative estimate of drug-likeness (QED) is 0.641. The predicted molar refractivity (Wildman–Crippen MR) is 120 cm³/mol. The normalized spacial score (nSPS) is 19.1. The molecule has 170 valence electrons. The van der Waals surface area contributed by atoms with Crippen LogP contribution in [-0.2, 0) is 22.4 Å². The number of carbonyl (C=O) groups is 1. The first-order valence-electron chi connectivity index (χ1n) is 11.0. The van der Waals surface area contributed by atoms with Crippen LogP contribution in [0, 0.1) is 11.7 Å². The first-order chi connectivity index (χ1) is 15.0. The number of hydrogen-bond acceptors (Lipinski definition) is 5. The molecule has 2 aliphatic rings. The fraction of sp³-hybridized carbons (Fsp3) is 0.500. The number of ether oxygens (including phenoxy) is 1. The van der Waals surface area contributed by atoms with Crippen molar-refractivity contribution in [2.75, 3.05) is 6.61 Å². The molecule has 0 radical (unpaired) electrons. The summed E-state index contributed by atoms with van der Waals surface area (Å²) in [5.74, 6) is 0.0541. The molecule has 1 aromatic heterocycles. The fourth-order valence-corrected chi connectivity index (χ4v) is 3.79. The first-order valence-corrected chi connectivity index (χ1v) is 11.0. The summed E-state index contributed by atoms with van der Waals surface area (Å²) in [6, 6.07) is 6.68. The summed E-state index contributed by atoms with van der Waals surface area (Å²) in [6.45, 7) is 12.7. The third kappa shape index (κ3) is 4.13. The van der Waals surface area contributed by atoms with E-state index in [0.29, 0.717) is 41.2 Å². The zero-order valence-electron chi connectivity index (χ0n) is 19.6. The minimum absolute atomic E-state index is 0.0953. The lowest BCUT2D eigenvalue weighted by Gasteiger charge is -2.32. The van der Waals surface area contributed by atoms with Crippen molar-refractivity contribution in [3.8, 4) is 5.75 Å². The molecule has 2 aromatic rings. The standard InChI is InChI=1S/C24H30BFN2O4/c1-15(2)14-30-21-11-16(25-31-23(3,4)24(5,6)32-25)10-19(26)18(21)12-28-13-20-17(22(28)29)8-7-9-27-20/h7-11,15H,12-14H2,1-6H3. The number of hydrogen-bond donors (Lipinski definition) is 0. The Morgan fingerprint density at radius 2 is 1.91 bits per heavy atom. The van der Waals surface area contributed by atoms with Crippen molar-refractivity contribution in [3.05, 3.63) is 53.1 Å². The van der Waals surface area contributed by atoms with E-state index in [1.165, 1.54) is 6.07 Å². The Morgan fingerprint density at radius 1 is 1.22 bits per heavy atom. The van der Waals surface area contributed by atoms with Gasteiger partial charge < -0.3 is 18.9 Å². The van der Waals surface area contributed by atoms with Crippen molar-refractivity contribution in [1.82, 2.24) is 9.88 Å². The largest absolute Gasteiger partial charge is 0.495 e. The molecule has 0 spiro atoms. The van der Waals surface area contributed by atoms with Gasteiger partial charge in [0, 0.05) is 11.8 Å². The van der Waals surface area contributed by atoms with E-state index in [0.717, 1.165) is 0 Å². The van der Waals surface area contributed by atoms with Gasteiger partial charge in [0.25, 0.3) is 5.91 Å². The molecule has 0 saturated carbocycles. The summed E-state index contributed by atoms with van der Waals surface area (Å²) in [7, 11) is -0.702. The maximum atomic E-state index is 15.4. The number of amides is 1. The maximum Gasteiger partial charge on any atom is 0.495 e. The highest BCUT2D eigenvalue weighted by molar-refractivity contribution is 6.62. The van der Waals surface area contributed by atoms with Crippen LogP contribution in [0.1, 0.15) is 63.2 Å². The molecule has 8 heteroatoms. The Hall–Kier alpha value is -2.45. The molecule has 0 atom stereocenters. The van der Waals surface area contributed by atoms with E-state index in [9.17, 15) is 4.79 Å². The number of pyridine rings is 1. The third-order valence-electron chi connectivity index (χ3n) is 6.37. The molecule has 1 aromatic carbocycles. The van der Waals surface area contributed by atoms with Crippen LogP contribution < -0.4 is 10.2 Å². The van der Waals surface area contributed by atoms with Gasteiger partial charge in [-0.1, -0.05) is 13.8 Å². The third-order valence-corrected chi connectivity index (χ3v) is 6.37. The molecule has 4 rings (SSSR count). The van der Waals surface area contributed by atoms with Gasteiger partial charge in [-0.15, -0.1) is 0 Å². The Morgan fingerprint density at radius 3 is 2.53 bits per heavy atom. The van der Waals surface area contributed by atoms with Gasteiger partial charge in [0.15, 0.2) is 0 Å². The van der Waals surface area contributed by atoms with E-state index in [-0.39, 0.29) is 18.4 Å². The summed E-state index contributed by atoms with van der Waals surface area (Å²) in [4.78, 5) is 18.7. The van der Waals surface area contributed by atoms with E-state index < -0.39 is 24.1 Å². The van der Waals surface area contributed by atoms with Crippen LogP contribution in [0.25, 0.3) is 0 Å². The monoisotopic (exact) mass is 440 g/mol. The Balaban J connectivity index is 1.65. The number of halogens is 1. The number of benzene rings is 1. The van der Waals surface area contributed by atoms with Gasteiger partial charge in [-0.3, -0.25) is 9.78 Å². The van der Waals surface area contributed by atoms with Gasteiger partial charge in [0.1, 0.15) is 11.6 Å². The van der Waals surface area contributed by atoms with Crippen LogP contribution in [-0.4, -0.2) is 40.7 Å². The van der Waals surface area contributed by atoms with Gasteiger partial charge in [-0.05, 0) is 63.3 Å². The van der Waals surface area contributed by atoms with Crippen molar-refractivity contribution in [3.63, 3.8) is 0 Å². The lowest BCUT2D eigenvalue weighted by Crippen LogP contribution is -2.41. The molecule has 0 bridgehead atoms. The van der Waals surface area contributed by atoms with Crippen LogP contribution in [0.5, 0.6) is 5.75 Å². The number of rotatable bonds is 6. The molecule has 3 heterocycles. The minimum Gasteiger partial charge on any atom is -0.493 e. The zero-order valence-corrected chi connectivity index (χ0v) is 19.6. The molecule has 1 amide bonds. The van der Waals surface area contributed by atoms with E-state index in [1.54, 1.807) is 29.3 Å². The second kappa shape index (κ2) is 8.16. The second-order valence-corrected chi connectivity index (χ2v) is 9.93. The SMILES string of the molecule is CC(C)COc1cc(B2OC(C)(C)C(C)(C)O2)cc(F)c1CN1Cc2ncccc2C1=O. The molecule has 6 nitrogen and oxygen atoms in total. The fourth-order valence-electron chi connectivity index (χ4n) is 3.79. The van der Waals surface area contributed by atoms with Crippen LogP contribution in [0.4, 0.5) is 4.39 Å². The van der Waals surface area contributed by atoms with Crippen molar-refractivity contribution in [2.45, 2.75) is 65.8 Å². The molecule has 32 heavy (non-hydrogen) atoms. The highest BCUT2D eigenvalue weighted by atomic mass is 19.1. The van der Waals surface area contributed by atoms with Gasteiger partial charge >= 0.3 is 7.12 Å². The Bertz CT molecular complexity index is 1020. The summed E-state index contributed by atoms with van der Waals surface area (Å²) in [6.07, 6.45) is 1.66. The Labute approximate surface area is 189 Å². The molecule has 1 fully saturated rings. The smallest absolute Gasteiger partial charge is 0.493 e. The lowest BCUT2D eigenvalue weighted by atomic mass is 9.78. The maximum absolute atomic E-state index is 15.4. The number of fused-ring (bicyclic) bond motifs is 1. The predicted octanol–water partition coefficient (Wildman–Crippen LogP) is 3.71. The first kappa shape index (κ1) is 22.7. The molecular formula is C24H30BFN2O4.